The van der Waals surface area contributed by atoms with Crippen LogP contribution in [0.15, 0.2) is 4.99 Å². The molecule has 1 aliphatic rings. The van der Waals surface area contributed by atoms with Crippen LogP contribution in [-0.4, -0.2) is 35.8 Å². The zero-order valence-corrected chi connectivity index (χ0v) is 6.93. The number of nitrogens with zero attached hydrogens (tertiary/aromatic N) is 2. The Morgan fingerprint density at radius 2 is 2.08 bits per heavy atom. The highest BCUT2D eigenvalue weighted by atomic mass is 19.3. The second-order valence-corrected chi connectivity index (χ2v) is 2.88. The molecule has 0 bridgehead atoms. The Morgan fingerprint density at radius 3 is 2.46 bits per heavy atom. The molecule has 5 N–H and O–H groups in total. The molecular formula is C6H11F2N5. The Kier molecular flexibility index (Phi) is 2.35. The SMILES string of the molecule is N=C(N)/N=C(\N)N1CCC(F)(F)C1. The molecule has 74 valence electrons. The summed E-state index contributed by atoms with van der Waals surface area (Å²) in [5, 5.41) is 6.78. The highest BCUT2D eigenvalue weighted by Gasteiger charge is 2.39. The van der Waals surface area contributed by atoms with Crippen molar-refractivity contribution in [1.29, 1.82) is 5.41 Å². The number of nitrogens with two attached hydrogens (primary N) is 2. The molecule has 1 fully saturated rings. The lowest BCUT2D eigenvalue weighted by atomic mass is 10.3. The van der Waals surface area contributed by atoms with Crippen LogP contribution in [0.4, 0.5) is 8.78 Å². The Morgan fingerprint density at radius 1 is 1.46 bits per heavy atom. The Hall–Kier alpha value is -1.40. The van der Waals surface area contributed by atoms with Gasteiger partial charge >= 0.3 is 0 Å². The van der Waals surface area contributed by atoms with Crippen LogP contribution >= 0.6 is 0 Å². The van der Waals surface area contributed by atoms with Crippen LogP contribution in [0.1, 0.15) is 6.42 Å². The zero-order chi connectivity index (χ0) is 10.1. The highest BCUT2D eigenvalue weighted by Crippen LogP contribution is 2.26. The van der Waals surface area contributed by atoms with E-state index in [1.54, 1.807) is 0 Å². The fourth-order valence-electron chi connectivity index (χ4n) is 1.13. The van der Waals surface area contributed by atoms with Gasteiger partial charge in [-0.15, -0.1) is 0 Å². The molecule has 5 nitrogen and oxygen atoms in total. The van der Waals surface area contributed by atoms with Gasteiger partial charge in [0.15, 0.2) is 5.96 Å². The molecule has 1 aliphatic heterocycles. The maximum atomic E-state index is 12.7. The summed E-state index contributed by atoms with van der Waals surface area (Å²) in [7, 11) is 0. The predicted octanol–water partition coefficient (Wildman–Crippen LogP) is -0.464. The third-order valence-electron chi connectivity index (χ3n) is 1.73. The normalized spacial score (nSPS) is 22.0. The van der Waals surface area contributed by atoms with Gasteiger partial charge in [-0.3, -0.25) is 5.41 Å². The van der Waals surface area contributed by atoms with Crippen LogP contribution in [0, 0.1) is 5.41 Å². The molecule has 0 aromatic carbocycles. The second kappa shape index (κ2) is 3.15. The molecule has 0 amide bonds. The van der Waals surface area contributed by atoms with Gasteiger partial charge in [0.1, 0.15) is 0 Å². The molecule has 0 spiro atoms. The average Bonchev–Trinajstić information content (AvgIpc) is 2.28. The molecule has 0 aliphatic carbocycles. The average molecular weight is 191 g/mol. The number of likely N-dealkylation sites (tertiary alicyclic amines) is 1. The lowest BCUT2D eigenvalue weighted by Crippen LogP contribution is -2.38. The first-order valence-corrected chi connectivity index (χ1v) is 3.72. The van der Waals surface area contributed by atoms with Crippen LogP contribution in [0.3, 0.4) is 0 Å². The molecule has 1 rings (SSSR count). The molecule has 1 saturated heterocycles. The summed E-state index contributed by atoms with van der Waals surface area (Å²) in [5.41, 5.74) is 10.3. The van der Waals surface area contributed by atoms with Crippen molar-refractivity contribution in [3.05, 3.63) is 0 Å². The molecule has 0 saturated carbocycles. The quantitative estimate of drug-likeness (QED) is 0.357. The molecule has 0 aromatic rings. The second-order valence-electron chi connectivity index (χ2n) is 2.88. The molecule has 13 heavy (non-hydrogen) atoms. The van der Waals surface area contributed by atoms with Crippen molar-refractivity contribution in [1.82, 2.24) is 4.90 Å². The minimum absolute atomic E-state index is 0.121. The fourth-order valence-corrected chi connectivity index (χ4v) is 1.13. The Balaban J connectivity index is 2.61. The van der Waals surface area contributed by atoms with Gasteiger partial charge in [0.05, 0.1) is 6.54 Å². The molecular weight excluding hydrogens is 180 g/mol. The Labute approximate surface area is 73.9 Å². The van der Waals surface area contributed by atoms with Crippen LogP contribution in [0.2, 0.25) is 0 Å². The first-order valence-electron chi connectivity index (χ1n) is 3.72. The zero-order valence-electron chi connectivity index (χ0n) is 6.93. The first-order chi connectivity index (χ1) is 5.91. The van der Waals surface area contributed by atoms with Crippen LogP contribution < -0.4 is 11.5 Å². The van der Waals surface area contributed by atoms with Crippen molar-refractivity contribution in [2.45, 2.75) is 12.3 Å². The summed E-state index contributed by atoms with van der Waals surface area (Å²) in [4.78, 5) is 4.58. The lowest BCUT2D eigenvalue weighted by molar-refractivity contribution is 0.0175. The minimum Gasteiger partial charge on any atom is -0.369 e. The van der Waals surface area contributed by atoms with E-state index < -0.39 is 18.4 Å². The number of rotatable bonds is 0. The van der Waals surface area contributed by atoms with Crippen LogP contribution in [0.5, 0.6) is 0 Å². The van der Waals surface area contributed by atoms with Crippen molar-refractivity contribution >= 4 is 11.9 Å². The van der Waals surface area contributed by atoms with Crippen LogP contribution in [-0.2, 0) is 0 Å². The van der Waals surface area contributed by atoms with Crippen molar-refractivity contribution < 1.29 is 8.78 Å². The minimum atomic E-state index is -2.71. The van der Waals surface area contributed by atoms with Gasteiger partial charge in [-0.2, -0.15) is 4.99 Å². The van der Waals surface area contributed by atoms with E-state index in [9.17, 15) is 8.78 Å². The maximum Gasteiger partial charge on any atom is 0.267 e. The largest absolute Gasteiger partial charge is 0.369 e. The molecule has 0 unspecified atom stereocenters. The van der Waals surface area contributed by atoms with E-state index in [2.05, 4.69) is 4.99 Å². The van der Waals surface area contributed by atoms with Gasteiger partial charge in [-0.25, -0.2) is 8.78 Å². The number of alkyl halides is 2. The highest BCUT2D eigenvalue weighted by molar-refractivity contribution is 5.91. The van der Waals surface area contributed by atoms with Crippen LogP contribution in [0.25, 0.3) is 0 Å². The van der Waals surface area contributed by atoms with E-state index in [1.165, 1.54) is 4.90 Å². The number of guanidine groups is 2. The van der Waals surface area contributed by atoms with E-state index in [0.717, 1.165) is 0 Å². The summed E-state index contributed by atoms with van der Waals surface area (Å²) >= 11 is 0. The molecule has 1 heterocycles. The Bertz CT molecular complexity index is 249. The predicted molar refractivity (Wildman–Crippen MR) is 44.7 cm³/mol. The standard InChI is InChI=1S/C6H11F2N5/c7-6(8)1-2-13(3-6)5(11)12-4(9)10/h1-3H2,(H5,9,10,11,12). The summed E-state index contributed by atoms with van der Waals surface area (Å²) in [6.45, 7) is -0.300. The number of hydrogen-bond donors (Lipinski definition) is 3. The number of hydrogen-bond acceptors (Lipinski definition) is 1. The fraction of sp³-hybridized carbons (Fsp3) is 0.667. The van der Waals surface area contributed by atoms with Gasteiger partial charge in [-0.05, 0) is 0 Å². The molecule has 0 atom stereocenters. The first kappa shape index (κ1) is 9.69. The van der Waals surface area contributed by atoms with Gasteiger partial charge in [0.25, 0.3) is 5.92 Å². The lowest BCUT2D eigenvalue weighted by Gasteiger charge is -2.15. The molecule has 0 aromatic heterocycles. The van der Waals surface area contributed by atoms with Gasteiger partial charge in [0.2, 0.25) is 5.96 Å². The van der Waals surface area contributed by atoms with E-state index >= 15 is 0 Å². The van der Waals surface area contributed by atoms with Crippen molar-refractivity contribution in [3.8, 4) is 0 Å². The van der Waals surface area contributed by atoms with Crippen molar-refractivity contribution in [3.63, 3.8) is 0 Å². The number of nitrogens with one attached hydrogen (secondary N) is 1. The smallest absolute Gasteiger partial charge is 0.267 e. The van der Waals surface area contributed by atoms with Gasteiger partial charge in [-0.1, -0.05) is 0 Å². The summed E-state index contributed by atoms with van der Waals surface area (Å²) < 4.78 is 25.3. The van der Waals surface area contributed by atoms with E-state index in [-0.39, 0.29) is 18.9 Å². The summed E-state index contributed by atoms with van der Waals surface area (Å²) in [6, 6.07) is 0. The number of halogens is 2. The van der Waals surface area contributed by atoms with E-state index in [0.29, 0.717) is 0 Å². The third-order valence-corrected chi connectivity index (χ3v) is 1.73. The van der Waals surface area contributed by atoms with E-state index in [1.807, 2.05) is 0 Å². The van der Waals surface area contributed by atoms with Gasteiger partial charge < -0.3 is 16.4 Å². The molecule has 7 heteroatoms. The maximum absolute atomic E-state index is 12.7. The van der Waals surface area contributed by atoms with Crippen molar-refractivity contribution in [2.24, 2.45) is 16.5 Å². The monoisotopic (exact) mass is 191 g/mol. The topological polar surface area (TPSA) is 91.5 Å². The van der Waals surface area contributed by atoms with E-state index in [4.69, 9.17) is 16.9 Å². The summed E-state index contributed by atoms with van der Waals surface area (Å²) in [5.74, 6) is -3.31. The van der Waals surface area contributed by atoms with Gasteiger partial charge in [0, 0.05) is 13.0 Å². The summed E-state index contributed by atoms with van der Waals surface area (Å²) in [6.07, 6.45) is -0.235. The van der Waals surface area contributed by atoms with Crippen molar-refractivity contribution in [2.75, 3.05) is 13.1 Å². The number of aliphatic imine (C=N–C) groups is 1. The third kappa shape index (κ3) is 2.53. The molecule has 0 radical (unpaired) electrons.